The molecule has 0 bridgehead atoms. The molecule has 0 heterocycles. The van der Waals surface area contributed by atoms with Crippen LogP contribution in [-0.2, 0) is 15.2 Å². The van der Waals surface area contributed by atoms with Crippen LogP contribution in [0.2, 0.25) is 0 Å². The van der Waals surface area contributed by atoms with Gasteiger partial charge in [0.2, 0.25) is 5.91 Å². The second-order valence-corrected chi connectivity index (χ2v) is 4.14. The average molecular weight is 254 g/mol. The van der Waals surface area contributed by atoms with Gasteiger partial charge in [0.05, 0.1) is 0 Å². The first-order valence-corrected chi connectivity index (χ1v) is 5.83. The highest BCUT2D eigenvalue weighted by Crippen LogP contribution is 2.08. The second-order valence-electron chi connectivity index (χ2n) is 3.24. The van der Waals surface area contributed by atoms with Crippen molar-refractivity contribution in [1.82, 2.24) is 0 Å². The maximum Gasteiger partial charge on any atom is 0.394 e. The van der Waals surface area contributed by atoms with Crippen molar-refractivity contribution in [2.75, 3.05) is 0 Å². The molecule has 8 heteroatoms. The Kier molecular flexibility index (Phi) is 7.99. The lowest BCUT2D eigenvalue weighted by Crippen LogP contribution is -2.31. The lowest BCUT2D eigenvalue weighted by Gasteiger charge is -2.12. The summed E-state index contributed by atoms with van der Waals surface area (Å²) in [5.74, 6) is -0.403. The van der Waals surface area contributed by atoms with Gasteiger partial charge in [0.1, 0.15) is 0 Å². The Morgan fingerprint density at radius 2 is 1.62 bits per heavy atom. The molecular weight excluding hydrogens is 236 g/mol. The van der Waals surface area contributed by atoms with Gasteiger partial charge in [0.25, 0.3) is 0 Å². The molecule has 1 unspecified atom stereocenters. The number of amides is 1. The number of carbonyl (C=O) groups is 1. The molecular formula is C8H18N2O5S. The third kappa shape index (κ3) is 11.1. The Labute approximate surface area is 95.1 Å². The second kappa shape index (κ2) is 7.34. The standard InChI is InChI=1S/C8H16N2O.H2O4S/c1-4-6(9)7(5(2)3)8(10)11;1-5(2,3)4/h6H,4,9H2,1-3H3,(H2,10,11);(H2,1,2,3,4). The highest BCUT2D eigenvalue weighted by Gasteiger charge is 2.13. The van der Waals surface area contributed by atoms with E-state index >= 15 is 0 Å². The summed E-state index contributed by atoms with van der Waals surface area (Å²) in [6.07, 6.45) is 0.740. The Balaban J connectivity index is 0. The van der Waals surface area contributed by atoms with E-state index in [1.165, 1.54) is 0 Å². The average Bonchev–Trinajstić information content (AvgIpc) is 1.99. The molecule has 0 saturated carbocycles. The first-order valence-electron chi connectivity index (χ1n) is 4.43. The molecule has 16 heavy (non-hydrogen) atoms. The zero-order chi connectivity index (χ0) is 13.5. The fourth-order valence-corrected chi connectivity index (χ4v) is 1.00. The predicted octanol–water partition coefficient (Wildman–Crippen LogP) is -0.107. The van der Waals surface area contributed by atoms with Gasteiger partial charge in [-0.3, -0.25) is 13.9 Å². The fourth-order valence-electron chi connectivity index (χ4n) is 1.00. The van der Waals surface area contributed by atoms with E-state index in [-0.39, 0.29) is 6.04 Å². The van der Waals surface area contributed by atoms with Crippen molar-refractivity contribution < 1.29 is 22.3 Å². The summed E-state index contributed by atoms with van der Waals surface area (Å²) < 4.78 is 31.6. The van der Waals surface area contributed by atoms with E-state index in [0.717, 1.165) is 12.0 Å². The highest BCUT2D eigenvalue weighted by atomic mass is 32.3. The third-order valence-electron chi connectivity index (χ3n) is 1.61. The first-order chi connectivity index (χ1) is 7.00. The van der Waals surface area contributed by atoms with E-state index in [1.807, 2.05) is 20.8 Å². The maximum atomic E-state index is 10.8. The molecule has 0 fully saturated rings. The van der Waals surface area contributed by atoms with Gasteiger partial charge >= 0.3 is 10.4 Å². The summed E-state index contributed by atoms with van der Waals surface area (Å²) in [6.45, 7) is 5.61. The van der Waals surface area contributed by atoms with Crippen molar-refractivity contribution >= 4 is 16.3 Å². The van der Waals surface area contributed by atoms with E-state index in [0.29, 0.717) is 5.57 Å². The van der Waals surface area contributed by atoms with E-state index < -0.39 is 16.3 Å². The molecule has 0 aromatic rings. The monoisotopic (exact) mass is 254 g/mol. The van der Waals surface area contributed by atoms with Crippen LogP contribution >= 0.6 is 0 Å². The molecule has 0 aliphatic rings. The smallest absolute Gasteiger partial charge is 0.366 e. The molecule has 0 radical (unpaired) electrons. The van der Waals surface area contributed by atoms with Crippen LogP contribution in [0.25, 0.3) is 0 Å². The molecule has 0 aromatic heterocycles. The Morgan fingerprint density at radius 1 is 1.31 bits per heavy atom. The maximum absolute atomic E-state index is 10.8. The van der Waals surface area contributed by atoms with Gasteiger partial charge < -0.3 is 11.5 Å². The number of hydrogen-bond acceptors (Lipinski definition) is 4. The van der Waals surface area contributed by atoms with Gasteiger partial charge in [-0.2, -0.15) is 8.42 Å². The van der Waals surface area contributed by atoms with Crippen LogP contribution < -0.4 is 11.5 Å². The van der Waals surface area contributed by atoms with E-state index in [9.17, 15) is 4.79 Å². The zero-order valence-electron chi connectivity index (χ0n) is 9.47. The Bertz CT molecular complexity index is 349. The number of primary amides is 1. The Morgan fingerprint density at radius 3 is 1.69 bits per heavy atom. The van der Waals surface area contributed by atoms with Gasteiger partial charge in [-0.25, -0.2) is 0 Å². The number of rotatable bonds is 3. The van der Waals surface area contributed by atoms with Crippen LogP contribution in [-0.4, -0.2) is 29.5 Å². The molecule has 0 aliphatic heterocycles. The van der Waals surface area contributed by atoms with Crippen LogP contribution in [0.1, 0.15) is 27.2 Å². The van der Waals surface area contributed by atoms with Gasteiger partial charge in [-0.05, 0) is 20.3 Å². The molecule has 0 spiro atoms. The van der Waals surface area contributed by atoms with Crippen molar-refractivity contribution in [3.05, 3.63) is 11.1 Å². The van der Waals surface area contributed by atoms with Gasteiger partial charge in [0, 0.05) is 11.6 Å². The largest absolute Gasteiger partial charge is 0.394 e. The number of hydrogen-bond donors (Lipinski definition) is 4. The molecule has 1 amide bonds. The number of carbonyl (C=O) groups excluding carboxylic acids is 1. The van der Waals surface area contributed by atoms with E-state index in [4.69, 9.17) is 29.0 Å². The molecule has 0 aliphatic carbocycles. The quantitative estimate of drug-likeness (QED) is 0.408. The van der Waals surface area contributed by atoms with Crippen molar-refractivity contribution in [2.24, 2.45) is 11.5 Å². The van der Waals surface area contributed by atoms with Crippen molar-refractivity contribution in [1.29, 1.82) is 0 Å². The zero-order valence-corrected chi connectivity index (χ0v) is 10.3. The fraction of sp³-hybridized carbons (Fsp3) is 0.625. The van der Waals surface area contributed by atoms with E-state index in [2.05, 4.69) is 0 Å². The summed E-state index contributed by atoms with van der Waals surface area (Å²) in [5, 5.41) is 0. The summed E-state index contributed by atoms with van der Waals surface area (Å²) in [6, 6.07) is -0.211. The molecule has 1 atom stereocenters. The van der Waals surface area contributed by atoms with Gasteiger partial charge in [-0.15, -0.1) is 0 Å². The molecule has 6 N–H and O–H groups in total. The molecule has 0 rings (SSSR count). The number of allylic oxidation sites excluding steroid dienone is 1. The van der Waals surface area contributed by atoms with Crippen LogP contribution in [0.5, 0.6) is 0 Å². The van der Waals surface area contributed by atoms with Crippen molar-refractivity contribution in [2.45, 2.75) is 33.2 Å². The van der Waals surface area contributed by atoms with Crippen LogP contribution in [0.4, 0.5) is 0 Å². The van der Waals surface area contributed by atoms with Crippen molar-refractivity contribution in [3.8, 4) is 0 Å². The Hall–Kier alpha value is -0.960. The molecule has 0 saturated heterocycles. The van der Waals surface area contributed by atoms with Gasteiger partial charge in [0.15, 0.2) is 0 Å². The van der Waals surface area contributed by atoms with Crippen molar-refractivity contribution in [3.63, 3.8) is 0 Å². The molecule has 0 aromatic carbocycles. The van der Waals surface area contributed by atoms with Crippen LogP contribution in [0.15, 0.2) is 11.1 Å². The van der Waals surface area contributed by atoms with Crippen LogP contribution in [0, 0.1) is 0 Å². The third-order valence-corrected chi connectivity index (χ3v) is 1.61. The summed E-state index contributed by atoms with van der Waals surface area (Å²) in [4.78, 5) is 10.8. The van der Waals surface area contributed by atoms with E-state index in [1.54, 1.807) is 0 Å². The summed E-state index contributed by atoms with van der Waals surface area (Å²) >= 11 is 0. The minimum Gasteiger partial charge on any atom is -0.366 e. The van der Waals surface area contributed by atoms with Gasteiger partial charge in [-0.1, -0.05) is 12.5 Å². The van der Waals surface area contributed by atoms with Crippen LogP contribution in [0.3, 0.4) is 0 Å². The SMILES string of the molecule is CCC(N)C(C(N)=O)=C(C)C.O=S(=O)(O)O. The normalized spacial score (nSPS) is 12.1. The first kappa shape index (κ1) is 17.4. The summed E-state index contributed by atoms with van der Waals surface area (Å²) in [5.41, 5.74) is 12.3. The molecule has 96 valence electrons. The minimum absolute atomic E-state index is 0.211. The molecule has 7 nitrogen and oxygen atoms in total. The predicted molar refractivity (Wildman–Crippen MR) is 60.0 cm³/mol. The summed E-state index contributed by atoms with van der Waals surface area (Å²) in [7, 11) is -4.67. The highest BCUT2D eigenvalue weighted by molar-refractivity contribution is 7.79. The lowest BCUT2D eigenvalue weighted by molar-refractivity contribution is -0.114. The topological polar surface area (TPSA) is 144 Å². The minimum atomic E-state index is -4.67. The lowest BCUT2D eigenvalue weighted by atomic mass is 10.0. The number of nitrogens with two attached hydrogens (primary N) is 2.